The normalized spacial score (nSPS) is 21.1. The van der Waals surface area contributed by atoms with Crippen LogP contribution in [0.5, 0.6) is 0 Å². The molecule has 1 saturated heterocycles. The Labute approximate surface area is 96.7 Å². The van der Waals surface area contributed by atoms with Crippen LogP contribution in [0.4, 0.5) is 0 Å². The predicted octanol–water partition coefficient (Wildman–Crippen LogP) is 0.936. The lowest BCUT2D eigenvalue weighted by atomic mass is 10.0. The summed E-state index contributed by atoms with van der Waals surface area (Å²) in [4.78, 5) is 25.1. The van der Waals surface area contributed by atoms with Crippen molar-refractivity contribution in [2.24, 2.45) is 5.92 Å². The Morgan fingerprint density at radius 1 is 1.50 bits per heavy atom. The van der Waals surface area contributed by atoms with Gasteiger partial charge in [0.25, 0.3) is 0 Å². The van der Waals surface area contributed by atoms with Crippen molar-refractivity contribution in [1.29, 1.82) is 0 Å². The molecule has 1 heterocycles. The van der Waals surface area contributed by atoms with Crippen molar-refractivity contribution < 1.29 is 9.59 Å². The molecule has 4 heteroatoms. The van der Waals surface area contributed by atoms with Gasteiger partial charge in [-0.25, -0.2) is 0 Å². The van der Waals surface area contributed by atoms with E-state index in [2.05, 4.69) is 5.32 Å². The summed E-state index contributed by atoms with van der Waals surface area (Å²) in [5.41, 5.74) is 1.15. The topological polar surface area (TPSA) is 49.4 Å². The molecule has 0 radical (unpaired) electrons. The summed E-state index contributed by atoms with van der Waals surface area (Å²) >= 11 is 0. The molecule has 0 saturated carbocycles. The molecule has 0 aliphatic carbocycles. The first-order chi connectivity index (χ1) is 7.41. The number of carbonyl (C=O) groups excluding carboxylic acids is 2. The van der Waals surface area contributed by atoms with E-state index in [1.54, 1.807) is 4.90 Å². The van der Waals surface area contributed by atoms with Gasteiger partial charge in [-0.1, -0.05) is 25.5 Å². The Hall–Kier alpha value is -1.32. The zero-order valence-corrected chi connectivity index (χ0v) is 10.4. The second-order valence-electron chi connectivity index (χ2n) is 4.79. The number of amides is 2. The van der Waals surface area contributed by atoms with E-state index in [0.29, 0.717) is 6.54 Å². The molecular weight excluding hydrogens is 204 g/mol. The first-order valence-electron chi connectivity index (χ1n) is 5.63. The summed E-state index contributed by atoms with van der Waals surface area (Å²) in [7, 11) is 0. The molecule has 0 aromatic heterocycles. The monoisotopic (exact) mass is 224 g/mol. The van der Waals surface area contributed by atoms with Crippen molar-refractivity contribution >= 4 is 11.8 Å². The lowest BCUT2D eigenvalue weighted by Crippen LogP contribution is -2.59. The van der Waals surface area contributed by atoms with Gasteiger partial charge in [-0.2, -0.15) is 0 Å². The van der Waals surface area contributed by atoms with E-state index < -0.39 is 0 Å². The summed E-state index contributed by atoms with van der Waals surface area (Å²) in [5.74, 6) is 0.0820. The molecule has 0 bridgehead atoms. The molecule has 1 fully saturated rings. The van der Waals surface area contributed by atoms with Crippen LogP contribution in [0, 0.1) is 5.92 Å². The molecule has 1 rings (SSSR count). The fraction of sp³-hybridized carbons (Fsp3) is 0.667. The van der Waals surface area contributed by atoms with Crippen molar-refractivity contribution in [3.8, 4) is 0 Å². The van der Waals surface area contributed by atoms with Crippen LogP contribution < -0.4 is 5.32 Å². The Morgan fingerprint density at radius 2 is 2.12 bits per heavy atom. The maximum Gasteiger partial charge on any atom is 0.246 e. The smallest absolute Gasteiger partial charge is 0.246 e. The SMILES string of the molecule is CC(C)=CCN1CC(=O)NC(C(C)C)C1=O. The van der Waals surface area contributed by atoms with Gasteiger partial charge in [-0.15, -0.1) is 0 Å². The Balaban J connectivity index is 2.73. The van der Waals surface area contributed by atoms with Gasteiger partial charge in [-0.05, 0) is 19.8 Å². The first-order valence-corrected chi connectivity index (χ1v) is 5.63. The van der Waals surface area contributed by atoms with Gasteiger partial charge in [0.05, 0.1) is 6.54 Å². The Kier molecular flexibility index (Phi) is 4.10. The van der Waals surface area contributed by atoms with Crippen LogP contribution in [0.25, 0.3) is 0 Å². The molecule has 90 valence electrons. The summed E-state index contributed by atoms with van der Waals surface area (Å²) in [6.45, 7) is 8.53. The van der Waals surface area contributed by atoms with Crippen molar-refractivity contribution in [1.82, 2.24) is 10.2 Å². The highest BCUT2D eigenvalue weighted by Crippen LogP contribution is 2.10. The third kappa shape index (κ3) is 3.08. The molecule has 0 aromatic rings. The zero-order valence-electron chi connectivity index (χ0n) is 10.4. The Morgan fingerprint density at radius 3 is 2.62 bits per heavy atom. The van der Waals surface area contributed by atoms with E-state index in [0.717, 1.165) is 5.57 Å². The average Bonchev–Trinajstić information content (AvgIpc) is 2.18. The fourth-order valence-electron chi connectivity index (χ4n) is 1.63. The average molecular weight is 224 g/mol. The second kappa shape index (κ2) is 5.14. The van der Waals surface area contributed by atoms with Crippen LogP contribution in [-0.4, -0.2) is 35.8 Å². The van der Waals surface area contributed by atoms with Crippen LogP contribution in [0.2, 0.25) is 0 Å². The van der Waals surface area contributed by atoms with E-state index in [4.69, 9.17) is 0 Å². The van der Waals surface area contributed by atoms with Crippen molar-refractivity contribution in [2.75, 3.05) is 13.1 Å². The lowest BCUT2D eigenvalue weighted by Gasteiger charge is -2.33. The van der Waals surface area contributed by atoms with Crippen LogP contribution in [-0.2, 0) is 9.59 Å². The standard InChI is InChI=1S/C12H20N2O2/c1-8(2)5-6-14-7-10(15)13-11(9(3)4)12(14)16/h5,9,11H,6-7H2,1-4H3,(H,13,15). The van der Waals surface area contributed by atoms with E-state index >= 15 is 0 Å². The predicted molar refractivity (Wildman–Crippen MR) is 62.8 cm³/mol. The number of carbonyl (C=O) groups is 2. The van der Waals surface area contributed by atoms with E-state index in [1.165, 1.54) is 0 Å². The molecule has 16 heavy (non-hydrogen) atoms. The first kappa shape index (κ1) is 12.7. The largest absolute Gasteiger partial charge is 0.343 e. The molecule has 0 aromatic carbocycles. The molecular formula is C12H20N2O2. The second-order valence-corrected chi connectivity index (χ2v) is 4.79. The molecule has 0 spiro atoms. The zero-order chi connectivity index (χ0) is 12.3. The summed E-state index contributed by atoms with van der Waals surface area (Å²) in [6.07, 6.45) is 1.97. The molecule has 1 aliphatic rings. The highest BCUT2D eigenvalue weighted by atomic mass is 16.2. The van der Waals surface area contributed by atoms with Gasteiger partial charge in [0, 0.05) is 6.54 Å². The number of piperazine rings is 1. The number of hydrogen-bond acceptors (Lipinski definition) is 2. The minimum Gasteiger partial charge on any atom is -0.343 e. The fourth-order valence-corrected chi connectivity index (χ4v) is 1.63. The highest BCUT2D eigenvalue weighted by Gasteiger charge is 2.33. The Bertz CT molecular complexity index is 317. The molecule has 4 nitrogen and oxygen atoms in total. The van der Waals surface area contributed by atoms with Gasteiger partial charge >= 0.3 is 0 Å². The van der Waals surface area contributed by atoms with Crippen LogP contribution in [0.1, 0.15) is 27.7 Å². The quantitative estimate of drug-likeness (QED) is 0.725. The van der Waals surface area contributed by atoms with E-state index in [9.17, 15) is 9.59 Å². The van der Waals surface area contributed by atoms with Gasteiger partial charge in [0.15, 0.2) is 0 Å². The molecule has 1 atom stereocenters. The van der Waals surface area contributed by atoms with Crippen molar-refractivity contribution in [2.45, 2.75) is 33.7 Å². The summed E-state index contributed by atoms with van der Waals surface area (Å²) < 4.78 is 0. The van der Waals surface area contributed by atoms with Crippen LogP contribution in [0.15, 0.2) is 11.6 Å². The van der Waals surface area contributed by atoms with Crippen LogP contribution in [0.3, 0.4) is 0 Å². The number of allylic oxidation sites excluding steroid dienone is 1. The molecule has 1 N–H and O–H groups in total. The van der Waals surface area contributed by atoms with E-state index in [1.807, 2.05) is 33.8 Å². The van der Waals surface area contributed by atoms with Crippen LogP contribution >= 0.6 is 0 Å². The van der Waals surface area contributed by atoms with Gasteiger partial charge in [0.1, 0.15) is 6.04 Å². The minimum atomic E-state index is -0.369. The van der Waals surface area contributed by atoms with Crippen molar-refractivity contribution in [3.63, 3.8) is 0 Å². The van der Waals surface area contributed by atoms with Gasteiger partial charge in [0.2, 0.25) is 11.8 Å². The van der Waals surface area contributed by atoms with Gasteiger partial charge < -0.3 is 10.2 Å². The number of nitrogens with one attached hydrogen (secondary N) is 1. The third-order valence-corrected chi connectivity index (χ3v) is 2.62. The molecule has 1 unspecified atom stereocenters. The summed E-state index contributed by atoms with van der Waals surface area (Å²) in [5, 5.41) is 2.73. The van der Waals surface area contributed by atoms with Crippen molar-refractivity contribution in [3.05, 3.63) is 11.6 Å². The van der Waals surface area contributed by atoms with Gasteiger partial charge in [-0.3, -0.25) is 9.59 Å². The van der Waals surface area contributed by atoms with E-state index in [-0.39, 0.29) is 30.3 Å². The number of nitrogens with zero attached hydrogens (tertiary/aromatic N) is 1. The maximum absolute atomic E-state index is 12.0. The number of hydrogen-bond donors (Lipinski definition) is 1. The molecule has 2 amide bonds. The molecule has 1 aliphatic heterocycles. The maximum atomic E-state index is 12.0. The highest BCUT2D eigenvalue weighted by molar-refractivity contribution is 5.95. The third-order valence-electron chi connectivity index (χ3n) is 2.62. The minimum absolute atomic E-state index is 0.0205. The summed E-state index contributed by atoms with van der Waals surface area (Å²) in [6, 6.07) is -0.369. The number of rotatable bonds is 3. The lowest BCUT2D eigenvalue weighted by molar-refractivity contribution is -0.144.